The lowest BCUT2D eigenvalue weighted by molar-refractivity contribution is -0.385. The van der Waals surface area contributed by atoms with E-state index in [9.17, 15) is 10.1 Å². The molecular formula is C15H21BrN2O2. The van der Waals surface area contributed by atoms with Crippen molar-refractivity contribution < 1.29 is 4.92 Å². The minimum absolute atomic E-state index is 0.182. The number of halogens is 1. The van der Waals surface area contributed by atoms with Crippen LogP contribution in [0.5, 0.6) is 0 Å². The zero-order valence-corrected chi connectivity index (χ0v) is 13.4. The van der Waals surface area contributed by atoms with Crippen LogP contribution in [0.3, 0.4) is 0 Å². The third-order valence-corrected chi connectivity index (χ3v) is 4.60. The number of anilines is 1. The average molecular weight is 341 g/mol. The van der Waals surface area contributed by atoms with Crippen LogP contribution in [0.15, 0.2) is 16.6 Å². The van der Waals surface area contributed by atoms with Crippen molar-refractivity contribution in [1.29, 1.82) is 0 Å². The third-order valence-electron chi connectivity index (χ3n) is 3.95. The lowest BCUT2D eigenvalue weighted by atomic mass is 9.96. The van der Waals surface area contributed by atoms with Gasteiger partial charge in [0.2, 0.25) is 0 Å². The minimum atomic E-state index is -0.314. The summed E-state index contributed by atoms with van der Waals surface area (Å²) in [6, 6.07) is 3.90. The molecule has 20 heavy (non-hydrogen) atoms. The molecule has 0 bridgehead atoms. The third kappa shape index (κ3) is 3.95. The topological polar surface area (TPSA) is 55.2 Å². The number of aryl methyl sites for hydroxylation is 1. The number of hydrogen-bond acceptors (Lipinski definition) is 3. The molecule has 0 saturated heterocycles. The van der Waals surface area contributed by atoms with Crippen molar-refractivity contribution in [2.45, 2.75) is 57.9 Å². The summed E-state index contributed by atoms with van der Waals surface area (Å²) >= 11 is 3.51. The van der Waals surface area contributed by atoms with Gasteiger partial charge in [-0.25, -0.2) is 0 Å². The van der Waals surface area contributed by atoms with Gasteiger partial charge < -0.3 is 5.32 Å². The van der Waals surface area contributed by atoms with Gasteiger partial charge in [0.25, 0.3) is 5.69 Å². The molecule has 1 fully saturated rings. The Morgan fingerprint density at radius 2 is 1.80 bits per heavy atom. The highest BCUT2D eigenvalue weighted by Gasteiger charge is 2.17. The van der Waals surface area contributed by atoms with Crippen molar-refractivity contribution >= 4 is 27.3 Å². The molecule has 1 saturated carbocycles. The molecule has 0 unspecified atom stereocenters. The van der Waals surface area contributed by atoms with Gasteiger partial charge in [0.05, 0.1) is 10.6 Å². The van der Waals surface area contributed by atoms with Crippen LogP contribution >= 0.6 is 15.9 Å². The summed E-state index contributed by atoms with van der Waals surface area (Å²) in [5, 5.41) is 14.5. The van der Waals surface area contributed by atoms with E-state index < -0.39 is 0 Å². The number of nitro benzene ring substituents is 1. The highest BCUT2D eigenvalue weighted by atomic mass is 79.9. The summed E-state index contributed by atoms with van der Waals surface area (Å²) in [5.74, 6) is 0. The molecule has 2 rings (SSSR count). The molecular weight excluding hydrogens is 320 g/mol. The Kier molecular flexibility index (Phi) is 5.40. The predicted octanol–water partition coefficient (Wildman–Crippen LogP) is 5.19. The fraction of sp³-hybridized carbons (Fsp3) is 0.600. The van der Waals surface area contributed by atoms with Crippen molar-refractivity contribution in [3.05, 3.63) is 32.3 Å². The Morgan fingerprint density at radius 3 is 2.40 bits per heavy atom. The first-order valence-electron chi connectivity index (χ1n) is 7.29. The van der Waals surface area contributed by atoms with Crippen LogP contribution in [-0.4, -0.2) is 11.0 Å². The molecule has 0 heterocycles. The first-order chi connectivity index (χ1) is 9.58. The predicted molar refractivity (Wildman–Crippen MR) is 85.3 cm³/mol. The van der Waals surface area contributed by atoms with Crippen LogP contribution in [0.2, 0.25) is 0 Å². The second-order valence-corrected chi connectivity index (χ2v) is 6.42. The Hall–Kier alpha value is -1.10. The Morgan fingerprint density at radius 1 is 1.20 bits per heavy atom. The first kappa shape index (κ1) is 15.3. The lowest BCUT2D eigenvalue weighted by Crippen LogP contribution is -2.20. The molecule has 0 aromatic heterocycles. The summed E-state index contributed by atoms with van der Waals surface area (Å²) < 4.78 is 0.905. The van der Waals surface area contributed by atoms with Crippen LogP contribution in [0.25, 0.3) is 0 Å². The van der Waals surface area contributed by atoms with Crippen molar-refractivity contribution in [3.63, 3.8) is 0 Å². The van der Waals surface area contributed by atoms with Crippen LogP contribution in [0.4, 0.5) is 11.4 Å². The molecule has 0 radical (unpaired) electrons. The molecule has 0 aliphatic heterocycles. The van der Waals surface area contributed by atoms with Gasteiger partial charge in [-0.05, 0) is 41.8 Å². The van der Waals surface area contributed by atoms with Gasteiger partial charge in [0, 0.05) is 22.1 Å². The zero-order chi connectivity index (χ0) is 14.5. The molecule has 0 atom stereocenters. The van der Waals surface area contributed by atoms with E-state index in [0.29, 0.717) is 11.6 Å². The van der Waals surface area contributed by atoms with E-state index in [1.54, 1.807) is 13.0 Å². The number of rotatable bonds is 3. The van der Waals surface area contributed by atoms with Crippen LogP contribution in [-0.2, 0) is 0 Å². The van der Waals surface area contributed by atoms with Gasteiger partial charge in [-0.15, -0.1) is 0 Å². The normalized spacial score (nSPS) is 17.3. The van der Waals surface area contributed by atoms with Gasteiger partial charge in [0.15, 0.2) is 0 Å². The summed E-state index contributed by atoms with van der Waals surface area (Å²) in [7, 11) is 0. The lowest BCUT2D eigenvalue weighted by Gasteiger charge is -2.23. The van der Waals surface area contributed by atoms with Crippen LogP contribution in [0.1, 0.15) is 50.5 Å². The Labute approximate surface area is 128 Å². The molecule has 1 aliphatic rings. The largest absolute Gasteiger partial charge is 0.381 e. The molecule has 1 aromatic carbocycles. The standard InChI is InChI=1S/C15H21BrN2O2/c1-11-9-13(16)14(10-15(11)18(19)20)17-12-7-5-3-2-4-6-8-12/h9-10,12,17H,2-8H2,1H3. The maximum atomic E-state index is 11.0. The van der Waals surface area contributed by atoms with E-state index in [1.807, 2.05) is 6.07 Å². The average Bonchev–Trinajstić information content (AvgIpc) is 2.34. The fourth-order valence-electron chi connectivity index (χ4n) is 2.79. The first-order valence-corrected chi connectivity index (χ1v) is 8.08. The molecule has 5 heteroatoms. The molecule has 4 nitrogen and oxygen atoms in total. The number of nitro groups is 1. The number of nitrogens with one attached hydrogen (secondary N) is 1. The number of hydrogen-bond donors (Lipinski definition) is 1. The van der Waals surface area contributed by atoms with Gasteiger partial charge in [-0.3, -0.25) is 10.1 Å². The van der Waals surface area contributed by atoms with Crippen LogP contribution in [0, 0.1) is 17.0 Å². The van der Waals surface area contributed by atoms with E-state index in [2.05, 4.69) is 21.2 Å². The van der Waals surface area contributed by atoms with Crippen LogP contribution < -0.4 is 5.32 Å². The SMILES string of the molecule is Cc1cc(Br)c(NC2CCCCCCC2)cc1[N+](=O)[O-]. The van der Waals surface area contributed by atoms with Crippen molar-refractivity contribution in [2.75, 3.05) is 5.32 Å². The smallest absolute Gasteiger partial charge is 0.274 e. The monoisotopic (exact) mass is 340 g/mol. The van der Waals surface area contributed by atoms with Gasteiger partial charge >= 0.3 is 0 Å². The highest BCUT2D eigenvalue weighted by Crippen LogP contribution is 2.32. The second-order valence-electron chi connectivity index (χ2n) is 5.56. The maximum Gasteiger partial charge on any atom is 0.274 e. The van der Waals surface area contributed by atoms with E-state index >= 15 is 0 Å². The maximum absolute atomic E-state index is 11.0. The van der Waals surface area contributed by atoms with Gasteiger partial charge in [-0.1, -0.05) is 32.1 Å². The number of nitrogens with zero attached hydrogens (tertiary/aromatic N) is 1. The highest BCUT2D eigenvalue weighted by molar-refractivity contribution is 9.10. The Balaban J connectivity index is 2.14. The second kappa shape index (κ2) is 7.07. The van der Waals surface area contributed by atoms with E-state index in [0.717, 1.165) is 23.0 Å². The fourth-order valence-corrected chi connectivity index (χ4v) is 3.36. The molecule has 1 N–H and O–H groups in total. The van der Waals surface area contributed by atoms with Crippen molar-refractivity contribution in [1.82, 2.24) is 0 Å². The quantitative estimate of drug-likeness (QED) is 0.608. The minimum Gasteiger partial charge on any atom is -0.381 e. The molecule has 1 aliphatic carbocycles. The van der Waals surface area contributed by atoms with Crippen molar-refractivity contribution in [3.8, 4) is 0 Å². The van der Waals surface area contributed by atoms with E-state index in [-0.39, 0.29) is 10.6 Å². The molecule has 0 amide bonds. The van der Waals surface area contributed by atoms with Gasteiger partial charge in [-0.2, -0.15) is 0 Å². The summed E-state index contributed by atoms with van der Waals surface area (Å²) in [4.78, 5) is 10.7. The van der Waals surface area contributed by atoms with Crippen molar-refractivity contribution in [2.24, 2.45) is 0 Å². The molecule has 110 valence electrons. The molecule has 1 aromatic rings. The van der Waals surface area contributed by atoms with E-state index in [4.69, 9.17) is 0 Å². The zero-order valence-electron chi connectivity index (χ0n) is 11.8. The molecule has 0 spiro atoms. The summed E-state index contributed by atoms with van der Waals surface area (Å²) in [6.07, 6.45) is 8.71. The summed E-state index contributed by atoms with van der Waals surface area (Å²) in [6.45, 7) is 1.77. The Bertz CT molecular complexity index is 483. The van der Waals surface area contributed by atoms with Gasteiger partial charge in [0.1, 0.15) is 0 Å². The van der Waals surface area contributed by atoms with E-state index in [1.165, 1.54) is 32.1 Å². The number of benzene rings is 1. The summed E-state index contributed by atoms with van der Waals surface area (Å²) in [5.41, 5.74) is 1.71.